The highest BCUT2D eigenvalue weighted by atomic mass is 14.6. The Hall–Kier alpha value is -1.63. The van der Waals surface area contributed by atoms with E-state index >= 15 is 0 Å². The number of H-pyrrole nitrogens is 1. The maximum atomic E-state index is 3.00. The third-order valence-corrected chi connectivity index (χ3v) is 1.83. The highest BCUT2D eigenvalue weighted by Gasteiger charge is 1.94. The molecule has 0 atom stereocenters. The van der Waals surface area contributed by atoms with Crippen LogP contribution in [0.2, 0.25) is 0 Å². The second-order valence-corrected chi connectivity index (χ2v) is 2.65. The fraction of sp³-hybridized carbons (Fsp3) is 0. The van der Waals surface area contributed by atoms with Crippen LogP contribution < -0.4 is 4.98 Å². The lowest BCUT2D eigenvalue weighted by Gasteiger charge is -1.96. The summed E-state index contributed by atoms with van der Waals surface area (Å²) in [5, 5.41) is 0. The van der Waals surface area contributed by atoms with E-state index in [1.165, 1.54) is 11.1 Å². The minimum Gasteiger partial charge on any atom is -0.218 e. The molecule has 0 saturated heterocycles. The first-order valence-corrected chi connectivity index (χ1v) is 3.98. The lowest BCUT2D eigenvalue weighted by molar-refractivity contribution is -0.377. The molecule has 0 bridgehead atoms. The molecule has 1 N–H and O–H groups in total. The van der Waals surface area contributed by atoms with Crippen LogP contribution >= 0.6 is 0 Å². The topological polar surface area (TPSA) is 14.1 Å². The zero-order chi connectivity index (χ0) is 8.23. The van der Waals surface area contributed by atoms with Crippen LogP contribution in [0.5, 0.6) is 0 Å². The van der Waals surface area contributed by atoms with Gasteiger partial charge in [0.1, 0.15) is 0 Å². The van der Waals surface area contributed by atoms with Crippen molar-refractivity contribution in [3.8, 4) is 11.1 Å². The molecule has 1 aromatic carbocycles. The third kappa shape index (κ3) is 1.35. The predicted molar refractivity (Wildman–Crippen MR) is 48.4 cm³/mol. The molecule has 1 aromatic heterocycles. The Morgan fingerprint density at radius 3 is 1.92 bits per heavy atom. The Labute approximate surface area is 71.7 Å². The first-order chi connectivity index (χ1) is 5.97. The number of benzene rings is 1. The Bertz CT molecular complexity index is 302. The van der Waals surface area contributed by atoms with Gasteiger partial charge in [-0.3, -0.25) is 0 Å². The van der Waals surface area contributed by atoms with E-state index in [2.05, 4.69) is 29.2 Å². The predicted octanol–water partition coefficient (Wildman–Crippen LogP) is 2.17. The first kappa shape index (κ1) is 7.04. The van der Waals surface area contributed by atoms with Crippen LogP contribution in [0.15, 0.2) is 54.9 Å². The average Bonchev–Trinajstić information content (AvgIpc) is 2.21. The summed E-state index contributed by atoms with van der Waals surface area (Å²) in [6, 6.07) is 14.5. The number of rotatable bonds is 1. The number of aromatic nitrogens is 1. The van der Waals surface area contributed by atoms with E-state index in [4.69, 9.17) is 0 Å². The molecule has 0 aliphatic carbocycles. The van der Waals surface area contributed by atoms with Crippen molar-refractivity contribution in [3.05, 3.63) is 54.9 Å². The van der Waals surface area contributed by atoms with Gasteiger partial charge in [0.05, 0.1) is 0 Å². The molecule has 2 rings (SSSR count). The molecule has 1 heterocycles. The minimum absolute atomic E-state index is 1.24. The number of hydrogen-bond donors (Lipinski definition) is 0. The Morgan fingerprint density at radius 1 is 0.667 bits per heavy atom. The van der Waals surface area contributed by atoms with Gasteiger partial charge in [0.15, 0.2) is 12.4 Å². The molecule has 1 nitrogen and oxygen atoms in total. The molecule has 1 heteroatoms. The van der Waals surface area contributed by atoms with Crippen molar-refractivity contribution in [1.29, 1.82) is 0 Å². The highest BCUT2D eigenvalue weighted by Crippen LogP contribution is 2.15. The van der Waals surface area contributed by atoms with Gasteiger partial charge >= 0.3 is 0 Å². The Kier molecular flexibility index (Phi) is 1.87. The molecule has 58 valence electrons. The van der Waals surface area contributed by atoms with E-state index in [0.29, 0.717) is 0 Å². The highest BCUT2D eigenvalue weighted by molar-refractivity contribution is 5.61. The Morgan fingerprint density at radius 2 is 1.25 bits per heavy atom. The van der Waals surface area contributed by atoms with Crippen LogP contribution in [0.4, 0.5) is 0 Å². The van der Waals surface area contributed by atoms with Crippen LogP contribution in [-0.4, -0.2) is 0 Å². The van der Waals surface area contributed by atoms with Crippen molar-refractivity contribution in [2.45, 2.75) is 0 Å². The van der Waals surface area contributed by atoms with Crippen molar-refractivity contribution < 1.29 is 4.98 Å². The van der Waals surface area contributed by atoms with Crippen LogP contribution in [0.1, 0.15) is 0 Å². The van der Waals surface area contributed by atoms with Crippen molar-refractivity contribution in [2.75, 3.05) is 0 Å². The van der Waals surface area contributed by atoms with E-state index in [-0.39, 0.29) is 0 Å². The summed E-state index contributed by atoms with van der Waals surface area (Å²) in [7, 11) is 0. The molecule has 0 fully saturated rings. The van der Waals surface area contributed by atoms with E-state index in [1.807, 2.05) is 30.6 Å². The molecule has 0 saturated carbocycles. The fourth-order valence-electron chi connectivity index (χ4n) is 1.21. The summed E-state index contributed by atoms with van der Waals surface area (Å²) in [5.41, 5.74) is 2.50. The number of pyridine rings is 1. The van der Waals surface area contributed by atoms with E-state index in [1.54, 1.807) is 0 Å². The zero-order valence-electron chi connectivity index (χ0n) is 6.70. The molecule has 0 spiro atoms. The quantitative estimate of drug-likeness (QED) is 0.600. The van der Waals surface area contributed by atoms with Crippen LogP contribution in [0, 0.1) is 0 Å². The molecule has 0 radical (unpaired) electrons. The first-order valence-electron chi connectivity index (χ1n) is 3.98. The lowest BCUT2D eigenvalue weighted by atomic mass is 10.1. The fourth-order valence-corrected chi connectivity index (χ4v) is 1.21. The largest absolute Gasteiger partial charge is 0.218 e. The molecule has 0 aliphatic heterocycles. The van der Waals surface area contributed by atoms with E-state index in [0.717, 1.165) is 0 Å². The van der Waals surface area contributed by atoms with Gasteiger partial charge in [-0.05, 0) is 11.1 Å². The summed E-state index contributed by atoms with van der Waals surface area (Å²) < 4.78 is 0. The van der Waals surface area contributed by atoms with Crippen LogP contribution in [0.25, 0.3) is 11.1 Å². The Balaban J connectivity index is 2.46. The third-order valence-electron chi connectivity index (χ3n) is 1.83. The number of nitrogens with one attached hydrogen (secondary N) is 1. The summed E-state index contributed by atoms with van der Waals surface area (Å²) in [6.07, 6.45) is 3.87. The summed E-state index contributed by atoms with van der Waals surface area (Å²) in [5.74, 6) is 0. The van der Waals surface area contributed by atoms with Crippen LogP contribution in [0.3, 0.4) is 0 Å². The molecule has 12 heavy (non-hydrogen) atoms. The zero-order valence-corrected chi connectivity index (χ0v) is 6.70. The number of hydrogen-bond acceptors (Lipinski definition) is 0. The molecule has 0 amide bonds. The molecular formula is C11H10N+. The van der Waals surface area contributed by atoms with Gasteiger partial charge in [0.25, 0.3) is 0 Å². The summed E-state index contributed by atoms with van der Waals surface area (Å²) in [6.45, 7) is 0. The summed E-state index contributed by atoms with van der Waals surface area (Å²) >= 11 is 0. The monoisotopic (exact) mass is 156 g/mol. The molecule has 2 aromatic rings. The second kappa shape index (κ2) is 3.18. The maximum Gasteiger partial charge on any atom is 0.167 e. The molecule has 0 aliphatic rings. The van der Waals surface area contributed by atoms with Gasteiger partial charge in [-0.25, -0.2) is 4.98 Å². The lowest BCUT2D eigenvalue weighted by Crippen LogP contribution is -1.96. The van der Waals surface area contributed by atoms with Crippen molar-refractivity contribution >= 4 is 0 Å². The SMILES string of the molecule is c1ccc(-c2cc[nH+]cc2)cc1. The normalized spacial score (nSPS) is 9.67. The second-order valence-electron chi connectivity index (χ2n) is 2.65. The van der Waals surface area contributed by atoms with Gasteiger partial charge in [-0.2, -0.15) is 0 Å². The summed E-state index contributed by atoms with van der Waals surface area (Å²) in [4.78, 5) is 3.00. The smallest absolute Gasteiger partial charge is 0.167 e. The van der Waals surface area contributed by atoms with Crippen molar-refractivity contribution in [3.63, 3.8) is 0 Å². The van der Waals surface area contributed by atoms with Crippen LogP contribution in [-0.2, 0) is 0 Å². The van der Waals surface area contributed by atoms with Gasteiger partial charge < -0.3 is 0 Å². The molecule has 0 unspecified atom stereocenters. The minimum atomic E-state index is 1.24. The van der Waals surface area contributed by atoms with Gasteiger partial charge in [-0.1, -0.05) is 30.3 Å². The molecular weight excluding hydrogens is 146 g/mol. The number of aromatic amines is 1. The van der Waals surface area contributed by atoms with Crippen molar-refractivity contribution in [2.24, 2.45) is 0 Å². The van der Waals surface area contributed by atoms with E-state index < -0.39 is 0 Å². The van der Waals surface area contributed by atoms with E-state index in [9.17, 15) is 0 Å². The van der Waals surface area contributed by atoms with Gasteiger partial charge in [-0.15, -0.1) is 0 Å². The maximum absolute atomic E-state index is 3.00. The van der Waals surface area contributed by atoms with Gasteiger partial charge in [0, 0.05) is 12.1 Å². The standard InChI is InChI=1S/C11H9N/c1-2-4-10(5-3-1)11-6-8-12-9-7-11/h1-9H/p+1. The van der Waals surface area contributed by atoms with Crippen molar-refractivity contribution in [1.82, 2.24) is 0 Å². The van der Waals surface area contributed by atoms with Gasteiger partial charge in [0.2, 0.25) is 0 Å². The average molecular weight is 156 g/mol.